The van der Waals surface area contributed by atoms with Gasteiger partial charge in [-0.15, -0.1) is 0 Å². The van der Waals surface area contributed by atoms with Crippen LogP contribution in [0.2, 0.25) is 0 Å². The number of methoxy groups -OCH3 is 1. The highest BCUT2D eigenvalue weighted by molar-refractivity contribution is 5.69. The monoisotopic (exact) mass is 479 g/mol. The number of rotatable bonds is 5. The van der Waals surface area contributed by atoms with E-state index in [1.54, 1.807) is 36.3 Å². The molecule has 0 fully saturated rings. The van der Waals surface area contributed by atoms with Crippen molar-refractivity contribution in [3.05, 3.63) is 89.0 Å². The molecule has 4 aromatic rings. The number of benzene rings is 2. The standard InChI is InChI=1S/C26H24F3N5O/c1-17-15-33(16-30-17)22-11-9-18(14-23(22)35-2)10-12-24-31-25-20(7-5-13-34(25)32-24)19-6-3-4-8-21(19)26(27,28)29/h3-4,6,8-12,14-16,20H,5,7,13H2,1-2H3/t20-/m0/s1. The van der Waals surface area contributed by atoms with Crippen molar-refractivity contribution in [2.24, 2.45) is 0 Å². The fourth-order valence-corrected chi connectivity index (χ4v) is 4.53. The van der Waals surface area contributed by atoms with Crippen LogP contribution in [0.25, 0.3) is 17.8 Å². The number of hydrogen-bond donors (Lipinski definition) is 0. The predicted molar refractivity (Wildman–Crippen MR) is 126 cm³/mol. The minimum Gasteiger partial charge on any atom is -0.495 e. The second kappa shape index (κ2) is 9.05. The lowest BCUT2D eigenvalue weighted by molar-refractivity contribution is -0.138. The van der Waals surface area contributed by atoms with E-state index < -0.39 is 17.7 Å². The van der Waals surface area contributed by atoms with Crippen LogP contribution in [0, 0.1) is 6.92 Å². The van der Waals surface area contributed by atoms with Gasteiger partial charge in [0.25, 0.3) is 0 Å². The van der Waals surface area contributed by atoms with Crippen molar-refractivity contribution in [2.75, 3.05) is 7.11 Å². The van der Waals surface area contributed by atoms with E-state index in [2.05, 4.69) is 15.1 Å². The van der Waals surface area contributed by atoms with E-state index >= 15 is 0 Å². The second-order valence-electron chi connectivity index (χ2n) is 8.52. The largest absolute Gasteiger partial charge is 0.495 e. The highest BCUT2D eigenvalue weighted by atomic mass is 19.4. The summed E-state index contributed by atoms with van der Waals surface area (Å²) in [4.78, 5) is 8.87. The molecule has 0 amide bonds. The molecule has 0 aliphatic carbocycles. The Labute approximate surface area is 200 Å². The maximum Gasteiger partial charge on any atom is 0.416 e. The first kappa shape index (κ1) is 22.9. The van der Waals surface area contributed by atoms with Crippen LogP contribution < -0.4 is 4.74 Å². The zero-order valence-corrected chi connectivity index (χ0v) is 19.3. The molecule has 0 radical (unpaired) electrons. The van der Waals surface area contributed by atoms with Gasteiger partial charge in [-0.2, -0.15) is 18.3 Å². The molecule has 6 nitrogen and oxygen atoms in total. The minimum atomic E-state index is -4.41. The van der Waals surface area contributed by atoms with Crippen molar-refractivity contribution in [3.63, 3.8) is 0 Å². The van der Waals surface area contributed by atoms with Crippen molar-refractivity contribution < 1.29 is 17.9 Å². The summed E-state index contributed by atoms with van der Waals surface area (Å²) < 4.78 is 50.1. The van der Waals surface area contributed by atoms with Gasteiger partial charge in [-0.25, -0.2) is 14.6 Å². The van der Waals surface area contributed by atoms with Crippen molar-refractivity contribution in [3.8, 4) is 11.4 Å². The average molecular weight is 480 g/mol. The molecule has 5 rings (SSSR count). The van der Waals surface area contributed by atoms with Gasteiger partial charge in [-0.1, -0.05) is 30.3 Å². The van der Waals surface area contributed by atoms with Gasteiger partial charge in [0.05, 0.1) is 30.4 Å². The van der Waals surface area contributed by atoms with Crippen LogP contribution in [-0.2, 0) is 12.7 Å². The van der Waals surface area contributed by atoms with Crippen LogP contribution in [0.1, 0.15) is 52.8 Å². The smallest absolute Gasteiger partial charge is 0.416 e. The Morgan fingerprint density at radius 2 is 1.94 bits per heavy atom. The fraction of sp³-hybridized carbons (Fsp3) is 0.269. The van der Waals surface area contributed by atoms with Crippen LogP contribution in [-0.4, -0.2) is 31.4 Å². The van der Waals surface area contributed by atoms with E-state index in [0.717, 1.165) is 29.4 Å². The highest BCUT2D eigenvalue weighted by Crippen LogP contribution is 2.40. The Hall–Kier alpha value is -3.88. The van der Waals surface area contributed by atoms with Gasteiger partial charge in [0.2, 0.25) is 0 Å². The molecule has 0 N–H and O–H groups in total. The summed E-state index contributed by atoms with van der Waals surface area (Å²) in [6.45, 7) is 2.55. The molecule has 0 bridgehead atoms. The minimum absolute atomic E-state index is 0.249. The van der Waals surface area contributed by atoms with Gasteiger partial charge in [-0.3, -0.25) is 0 Å². The molecule has 9 heteroatoms. The first-order chi connectivity index (χ1) is 16.8. The zero-order valence-electron chi connectivity index (χ0n) is 19.3. The summed E-state index contributed by atoms with van der Waals surface area (Å²) in [6, 6.07) is 11.5. The van der Waals surface area contributed by atoms with Crippen LogP contribution in [0.5, 0.6) is 5.75 Å². The maximum absolute atomic E-state index is 13.6. The van der Waals surface area contributed by atoms with Crippen molar-refractivity contribution in [2.45, 2.75) is 38.4 Å². The Balaban J connectivity index is 1.43. The lowest BCUT2D eigenvalue weighted by Gasteiger charge is -2.25. The quantitative estimate of drug-likeness (QED) is 0.358. The van der Waals surface area contributed by atoms with Crippen LogP contribution in [0.3, 0.4) is 0 Å². The average Bonchev–Trinajstić information content (AvgIpc) is 3.47. The maximum atomic E-state index is 13.6. The zero-order chi connectivity index (χ0) is 24.6. The van der Waals surface area contributed by atoms with Crippen molar-refractivity contribution in [1.82, 2.24) is 24.3 Å². The predicted octanol–water partition coefficient (Wildman–Crippen LogP) is 5.90. The summed E-state index contributed by atoms with van der Waals surface area (Å²) in [6.07, 6.45) is 4.21. The molecule has 0 saturated carbocycles. The summed E-state index contributed by atoms with van der Waals surface area (Å²) in [5.41, 5.74) is 2.29. The number of hydrogen-bond acceptors (Lipinski definition) is 4. The summed E-state index contributed by atoms with van der Waals surface area (Å²) >= 11 is 0. The number of fused-ring (bicyclic) bond motifs is 1. The molecule has 1 aliphatic heterocycles. The third-order valence-corrected chi connectivity index (χ3v) is 6.15. The molecule has 3 heterocycles. The third kappa shape index (κ3) is 4.58. The van der Waals surface area contributed by atoms with Crippen molar-refractivity contribution >= 4 is 12.2 Å². The summed E-state index contributed by atoms with van der Waals surface area (Å²) in [7, 11) is 1.61. The number of ether oxygens (including phenoxy) is 1. The lowest BCUT2D eigenvalue weighted by Crippen LogP contribution is -2.21. The Morgan fingerprint density at radius 1 is 1.11 bits per heavy atom. The van der Waals surface area contributed by atoms with E-state index in [-0.39, 0.29) is 5.56 Å². The van der Waals surface area contributed by atoms with E-state index in [0.29, 0.717) is 30.4 Å². The number of imidazole rings is 1. The molecular formula is C26H24F3N5O. The Kier molecular flexibility index (Phi) is 5.92. The lowest BCUT2D eigenvalue weighted by atomic mass is 9.88. The van der Waals surface area contributed by atoms with Gasteiger partial charge in [-0.05, 0) is 55.2 Å². The summed E-state index contributed by atoms with van der Waals surface area (Å²) in [5, 5.41) is 4.54. The van der Waals surface area contributed by atoms with E-state index in [1.165, 1.54) is 6.07 Å². The van der Waals surface area contributed by atoms with Crippen LogP contribution >= 0.6 is 0 Å². The molecule has 2 aromatic heterocycles. The second-order valence-corrected chi connectivity index (χ2v) is 8.52. The Morgan fingerprint density at radius 3 is 2.69 bits per heavy atom. The van der Waals surface area contributed by atoms with Gasteiger partial charge in [0.15, 0.2) is 5.82 Å². The van der Waals surface area contributed by atoms with Gasteiger partial charge < -0.3 is 9.30 Å². The number of alkyl halides is 3. The van der Waals surface area contributed by atoms with Gasteiger partial charge in [0, 0.05) is 18.7 Å². The number of nitrogens with zero attached hydrogens (tertiary/aromatic N) is 5. The normalized spacial score (nSPS) is 16.0. The van der Waals surface area contributed by atoms with Crippen molar-refractivity contribution in [1.29, 1.82) is 0 Å². The van der Waals surface area contributed by atoms with E-state index in [4.69, 9.17) is 4.74 Å². The first-order valence-corrected chi connectivity index (χ1v) is 11.3. The molecular weight excluding hydrogens is 455 g/mol. The molecule has 0 saturated heterocycles. The topological polar surface area (TPSA) is 57.8 Å². The third-order valence-electron chi connectivity index (χ3n) is 6.15. The summed E-state index contributed by atoms with van der Waals surface area (Å²) in [5.74, 6) is 1.26. The van der Waals surface area contributed by atoms with Crippen LogP contribution in [0.15, 0.2) is 55.0 Å². The molecule has 1 atom stereocenters. The van der Waals surface area contributed by atoms with E-state index in [9.17, 15) is 13.2 Å². The number of aryl methyl sites for hydroxylation is 2. The highest BCUT2D eigenvalue weighted by Gasteiger charge is 2.37. The van der Waals surface area contributed by atoms with Gasteiger partial charge >= 0.3 is 6.18 Å². The van der Waals surface area contributed by atoms with Gasteiger partial charge in [0.1, 0.15) is 11.6 Å². The molecule has 0 spiro atoms. The Bertz CT molecular complexity index is 1390. The molecule has 180 valence electrons. The van der Waals surface area contributed by atoms with Crippen LogP contribution in [0.4, 0.5) is 13.2 Å². The van der Waals surface area contributed by atoms with E-state index in [1.807, 2.05) is 42.0 Å². The number of aromatic nitrogens is 5. The molecule has 1 aliphatic rings. The molecule has 35 heavy (non-hydrogen) atoms. The first-order valence-electron chi connectivity index (χ1n) is 11.3. The molecule has 2 aromatic carbocycles. The SMILES string of the molecule is COc1cc(C=Cc2nc3n(n2)CCC[C@H]3c2ccccc2C(F)(F)F)ccc1-n1cnc(C)c1. The number of halogens is 3. The fourth-order valence-electron chi connectivity index (χ4n) is 4.53. The molecule has 0 unspecified atom stereocenters.